The first kappa shape index (κ1) is 21.3. The Labute approximate surface area is 185 Å². The third kappa shape index (κ3) is 4.87. The standard InChI is InChI=1S/C26H23NO5/c1-17(26(30)27-16-23(28)19-10-6-3-7-11-19)31-20-12-13-21-22(18-8-4-2-5-9-18)15-25(29)32-24(21)14-20/h2-15,17,23,28H,16H2,1H3,(H,27,30)/t17-,23-/m0/s1. The van der Waals surface area contributed by atoms with Gasteiger partial charge in [0.1, 0.15) is 11.3 Å². The summed E-state index contributed by atoms with van der Waals surface area (Å²) in [6.07, 6.45) is -1.61. The monoisotopic (exact) mass is 429 g/mol. The maximum atomic E-state index is 12.4. The van der Waals surface area contributed by atoms with Crippen LogP contribution in [0.5, 0.6) is 5.75 Å². The molecular weight excluding hydrogens is 406 g/mol. The second kappa shape index (κ2) is 9.49. The highest BCUT2D eigenvalue weighted by Gasteiger charge is 2.17. The van der Waals surface area contributed by atoms with Gasteiger partial charge in [0.05, 0.1) is 6.10 Å². The van der Waals surface area contributed by atoms with E-state index in [2.05, 4.69) is 5.32 Å². The van der Waals surface area contributed by atoms with Crippen LogP contribution in [0.3, 0.4) is 0 Å². The summed E-state index contributed by atoms with van der Waals surface area (Å²) in [5.41, 5.74) is 2.31. The predicted octanol–water partition coefficient (Wildman–Crippen LogP) is 4.08. The zero-order valence-corrected chi connectivity index (χ0v) is 17.5. The first-order valence-electron chi connectivity index (χ1n) is 10.3. The molecular formula is C26H23NO5. The van der Waals surface area contributed by atoms with Crippen LogP contribution in [0.4, 0.5) is 0 Å². The van der Waals surface area contributed by atoms with Gasteiger partial charge in [0.25, 0.3) is 5.91 Å². The summed E-state index contributed by atoms with van der Waals surface area (Å²) >= 11 is 0. The van der Waals surface area contributed by atoms with Crippen molar-refractivity contribution >= 4 is 16.9 Å². The number of hydrogen-bond acceptors (Lipinski definition) is 5. The molecule has 0 spiro atoms. The van der Waals surface area contributed by atoms with Crippen molar-refractivity contribution in [3.05, 3.63) is 101 Å². The molecule has 0 unspecified atom stereocenters. The molecule has 0 aliphatic heterocycles. The van der Waals surface area contributed by atoms with Crippen LogP contribution in [0.1, 0.15) is 18.6 Å². The average molecular weight is 429 g/mol. The van der Waals surface area contributed by atoms with E-state index < -0.39 is 17.8 Å². The van der Waals surface area contributed by atoms with Crippen molar-refractivity contribution in [2.24, 2.45) is 0 Å². The number of aliphatic hydroxyl groups excluding tert-OH is 1. The topological polar surface area (TPSA) is 88.8 Å². The number of ether oxygens (including phenoxy) is 1. The summed E-state index contributed by atoms with van der Waals surface area (Å²) in [6.45, 7) is 1.69. The number of rotatable bonds is 7. The second-order valence-corrected chi connectivity index (χ2v) is 7.43. The third-order valence-corrected chi connectivity index (χ3v) is 5.14. The van der Waals surface area contributed by atoms with E-state index >= 15 is 0 Å². The number of hydrogen-bond donors (Lipinski definition) is 2. The van der Waals surface area contributed by atoms with Crippen molar-refractivity contribution < 1.29 is 19.1 Å². The van der Waals surface area contributed by atoms with Gasteiger partial charge in [-0.05, 0) is 35.7 Å². The molecule has 4 rings (SSSR count). The van der Waals surface area contributed by atoms with Gasteiger partial charge in [0, 0.05) is 24.1 Å². The SMILES string of the molecule is C[C@H](Oc1ccc2c(-c3ccccc3)cc(=O)oc2c1)C(=O)NC[C@H](O)c1ccccc1. The molecule has 2 N–H and O–H groups in total. The smallest absolute Gasteiger partial charge is 0.336 e. The summed E-state index contributed by atoms with van der Waals surface area (Å²) < 4.78 is 11.1. The minimum atomic E-state index is -0.807. The lowest BCUT2D eigenvalue weighted by molar-refractivity contribution is -0.127. The van der Waals surface area contributed by atoms with Gasteiger partial charge in [-0.2, -0.15) is 0 Å². The summed E-state index contributed by atoms with van der Waals surface area (Å²) in [7, 11) is 0. The number of carbonyl (C=O) groups is 1. The highest BCUT2D eigenvalue weighted by Crippen LogP contribution is 2.29. The Hall–Kier alpha value is -3.90. The van der Waals surface area contributed by atoms with E-state index in [1.54, 1.807) is 37.3 Å². The van der Waals surface area contributed by atoms with Gasteiger partial charge in [0.15, 0.2) is 6.10 Å². The number of carbonyl (C=O) groups excluding carboxylic acids is 1. The Bertz CT molecular complexity index is 1270. The molecule has 0 radical (unpaired) electrons. The van der Waals surface area contributed by atoms with E-state index in [0.717, 1.165) is 22.1 Å². The molecule has 0 aliphatic rings. The van der Waals surface area contributed by atoms with Crippen molar-refractivity contribution in [1.82, 2.24) is 5.32 Å². The number of aliphatic hydroxyl groups is 1. The van der Waals surface area contributed by atoms with Gasteiger partial charge in [0.2, 0.25) is 0 Å². The Kier molecular flexibility index (Phi) is 6.33. The number of nitrogens with one attached hydrogen (secondary N) is 1. The Balaban J connectivity index is 1.47. The van der Waals surface area contributed by atoms with Gasteiger partial charge in [-0.15, -0.1) is 0 Å². The number of fused-ring (bicyclic) bond motifs is 1. The minimum absolute atomic E-state index is 0.0730. The van der Waals surface area contributed by atoms with Crippen LogP contribution >= 0.6 is 0 Å². The Morgan fingerprint density at radius 3 is 2.41 bits per heavy atom. The van der Waals surface area contributed by atoms with E-state index in [1.165, 1.54) is 6.07 Å². The van der Waals surface area contributed by atoms with Crippen LogP contribution in [0.15, 0.2) is 94.1 Å². The zero-order chi connectivity index (χ0) is 22.5. The normalized spacial score (nSPS) is 12.8. The summed E-state index contributed by atoms with van der Waals surface area (Å²) in [4.78, 5) is 24.5. The molecule has 6 nitrogen and oxygen atoms in total. The van der Waals surface area contributed by atoms with Crippen molar-refractivity contribution in [2.75, 3.05) is 6.54 Å². The zero-order valence-electron chi connectivity index (χ0n) is 17.5. The van der Waals surface area contributed by atoms with Gasteiger partial charge in [-0.25, -0.2) is 4.79 Å². The molecule has 0 saturated carbocycles. The second-order valence-electron chi connectivity index (χ2n) is 7.43. The number of benzene rings is 3. The fourth-order valence-corrected chi connectivity index (χ4v) is 3.46. The summed E-state index contributed by atoms with van der Waals surface area (Å²) in [5, 5.41) is 13.7. The molecule has 32 heavy (non-hydrogen) atoms. The van der Waals surface area contributed by atoms with Crippen molar-refractivity contribution in [2.45, 2.75) is 19.1 Å². The van der Waals surface area contributed by atoms with Gasteiger partial charge in [-0.1, -0.05) is 60.7 Å². The lowest BCUT2D eigenvalue weighted by Crippen LogP contribution is -2.38. The Morgan fingerprint density at radius 2 is 1.69 bits per heavy atom. The number of amides is 1. The summed E-state index contributed by atoms with van der Waals surface area (Å²) in [6, 6.07) is 25.3. The largest absolute Gasteiger partial charge is 0.481 e. The fourth-order valence-electron chi connectivity index (χ4n) is 3.46. The van der Waals surface area contributed by atoms with Crippen molar-refractivity contribution in [3.63, 3.8) is 0 Å². The first-order chi connectivity index (χ1) is 15.5. The fraction of sp³-hybridized carbons (Fsp3) is 0.154. The van der Waals surface area contributed by atoms with Gasteiger partial charge in [-0.3, -0.25) is 4.79 Å². The Morgan fingerprint density at radius 1 is 1.00 bits per heavy atom. The van der Waals surface area contributed by atoms with Gasteiger partial charge >= 0.3 is 5.63 Å². The molecule has 2 atom stereocenters. The van der Waals surface area contributed by atoms with Gasteiger partial charge < -0.3 is 19.6 Å². The molecule has 1 aromatic heterocycles. The van der Waals surface area contributed by atoms with E-state index in [0.29, 0.717) is 11.3 Å². The molecule has 0 saturated heterocycles. The molecule has 6 heteroatoms. The van der Waals surface area contributed by atoms with Crippen LogP contribution in [-0.2, 0) is 4.79 Å². The molecule has 3 aromatic carbocycles. The van der Waals surface area contributed by atoms with Crippen molar-refractivity contribution in [3.8, 4) is 16.9 Å². The highest BCUT2D eigenvalue weighted by atomic mass is 16.5. The molecule has 0 bridgehead atoms. The van der Waals surface area contributed by atoms with Crippen LogP contribution in [0.25, 0.3) is 22.1 Å². The average Bonchev–Trinajstić information content (AvgIpc) is 2.82. The molecule has 0 aliphatic carbocycles. The van der Waals surface area contributed by atoms with Crippen LogP contribution in [0.2, 0.25) is 0 Å². The van der Waals surface area contributed by atoms with Crippen LogP contribution < -0.4 is 15.7 Å². The maximum absolute atomic E-state index is 12.4. The highest BCUT2D eigenvalue weighted by molar-refractivity contribution is 5.93. The van der Waals surface area contributed by atoms with E-state index in [9.17, 15) is 14.7 Å². The van der Waals surface area contributed by atoms with E-state index in [4.69, 9.17) is 9.15 Å². The molecule has 1 amide bonds. The molecule has 4 aromatic rings. The quantitative estimate of drug-likeness (QED) is 0.432. The van der Waals surface area contributed by atoms with E-state index in [1.807, 2.05) is 48.5 Å². The lowest BCUT2D eigenvalue weighted by Gasteiger charge is -2.17. The molecule has 0 fully saturated rings. The van der Waals surface area contributed by atoms with Crippen LogP contribution in [-0.4, -0.2) is 23.7 Å². The molecule has 162 valence electrons. The predicted molar refractivity (Wildman–Crippen MR) is 122 cm³/mol. The van der Waals surface area contributed by atoms with Crippen LogP contribution in [0, 0.1) is 0 Å². The van der Waals surface area contributed by atoms with Crippen molar-refractivity contribution in [1.29, 1.82) is 0 Å². The van der Waals surface area contributed by atoms with E-state index in [-0.39, 0.29) is 12.5 Å². The minimum Gasteiger partial charge on any atom is -0.481 e. The lowest BCUT2D eigenvalue weighted by atomic mass is 10.0. The first-order valence-corrected chi connectivity index (χ1v) is 10.3. The third-order valence-electron chi connectivity index (χ3n) is 5.14. The maximum Gasteiger partial charge on any atom is 0.336 e. The summed E-state index contributed by atoms with van der Waals surface area (Å²) in [5.74, 6) is 0.0386. The molecule has 1 heterocycles.